The minimum atomic E-state index is -0.208. The lowest BCUT2D eigenvalue weighted by Gasteiger charge is -2.12. The van der Waals surface area contributed by atoms with Gasteiger partial charge < -0.3 is 4.90 Å². The summed E-state index contributed by atoms with van der Waals surface area (Å²) < 4.78 is 0.776. The summed E-state index contributed by atoms with van der Waals surface area (Å²) in [7, 11) is 3.90. The SMILES string of the molecule is CN(C)c1ccc(C(=O)Nc2nnc(SCc3ccc(C#N)cc3)s2)cc1. The summed E-state index contributed by atoms with van der Waals surface area (Å²) in [6.45, 7) is 0. The van der Waals surface area contributed by atoms with E-state index in [9.17, 15) is 4.79 Å². The predicted molar refractivity (Wildman–Crippen MR) is 109 cm³/mol. The van der Waals surface area contributed by atoms with Crippen LogP contribution < -0.4 is 10.2 Å². The largest absolute Gasteiger partial charge is 0.378 e. The van der Waals surface area contributed by atoms with Crippen LogP contribution in [0.1, 0.15) is 21.5 Å². The van der Waals surface area contributed by atoms with E-state index in [2.05, 4.69) is 21.6 Å². The van der Waals surface area contributed by atoms with Crippen molar-refractivity contribution in [2.24, 2.45) is 0 Å². The molecule has 27 heavy (non-hydrogen) atoms. The summed E-state index contributed by atoms with van der Waals surface area (Å²) in [6, 6.07) is 16.9. The number of hydrogen-bond acceptors (Lipinski definition) is 7. The highest BCUT2D eigenvalue weighted by molar-refractivity contribution is 8.00. The van der Waals surface area contributed by atoms with Gasteiger partial charge in [-0.05, 0) is 42.0 Å². The summed E-state index contributed by atoms with van der Waals surface area (Å²) in [4.78, 5) is 14.3. The zero-order chi connectivity index (χ0) is 19.2. The zero-order valence-electron chi connectivity index (χ0n) is 14.8. The molecule has 1 aromatic heterocycles. The first-order valence-corrected chi connectivity index (χ1v) is 9.89. The molecule has 8 heteroatoms. The number of rotatable bonds is 6. The van der Waals surface area contributed by atoms with E-state index in [4.69, 9.17) is 5.26 Å². The van der Waals surface area contributed by atoms with Gasteiger partial charge in [0.25, 0.3) is 5.91 Å². The number of aromatic nitrogens is 2. The van der Waals surface area contributed by atoms with Gasteiger partial charge in [-0.25, -0.2) is 0 Å². The second-order valence-corrected chi connectivity index (χ2v) is 8.07. The van der Waals surface area contributed by atoms with E-state index in [0.717, 1.165) is 21.3 Å². The average Bonchev–Trinajstić information content (AvgIpc) is 3.14. The zero-order valence-corrected chi connectivity index (χ0v) is 16.5. The number of thioether (sulfide) groups is 1. The summed E-state index contributed by atoms with van der Waals surface area (Å²) in [6.07, 6.45) is 0. The second-order valence-electron chi connectivity index (χ2n) is 5.87. The number of nitrogens with zero attached hydrogens (tertiary/aromatic N) is 4. The number of amides is 1. The number of benzene rings is 2. The fraction of sp³-hybridized carbons (Fsp3) is 0.158. The van der Waals surface area contributed by atoms with Gasteiger partial charge in [0.15, 0.2) is 4.34 Å². The van der Waals surface area contributed by atoms with E-state index >= 15 is 0 Å². The molecule has 1 N–H and O–H groups in total. The predicted octanol–water partition coefficient (Wildman–Crippen LogP) is 4.02. The van der Waals surface area contributed by atoms with E-state index < -0.39 is 0 Å². The quantitative estimate of drug-likeness (QED) is 0.501. The summed E-state index contributed by atoms with van der Waals surface area (Å²) in [5, 5.41) is 20.2. The van der Waals surface area contributed by atoms with E-state index in [1.807, 2.05) is 43.3 Å². The van der Waals surface area contributed by atoms with Gasteiger partial charge in [0.1, 0.15) is 0 Å². The molecule has 0 aliphatic heterocycles. The Morgan fingerprint density at radius 1 is 1.15 bits per heavy atom. The first kappa shape index (κ1) is 18.9. The lowest BCUT2D eigenvalue weighted by atomic mass is 10.2. The van der Waals surface area contributed by atoms with Crippen molar-refractivity contribution in [2.75, 3.05) is 24.3 Å². The Labute approximate surface area is 165 Å². The van der Waals surface area contributed by atoms with Crippen molar-refractivity contribution in [3.8, 4) is 6.07 Å². The molecule has 0 saturated carbocycles. The van der Waals surface area contributed by atoms with Gasteiger partial charge in [-0.3, -0.25) is 10.1 Å². The Kier molecular flexibility index (Phi) is 6.06. The molecule has 3 aromatic rings. The molecular weight excluding hydrogens is 378 g/mol. The number of nitrogens with one attached hydrogen (secondary N) is 1. The van der Waals surface area contributed by atoms with Crippen LogP contribution in [0.3, 0.4) is 0 Å². The van der Waals surface area contributed by atoms with E-state index in [-0.39, 0.29) is 5.91 Å². The van der Waals surface area contributed by atoms with Gasteiger partial charge in [-0.15, -0.1) is 10.2 Å². The highest BCUT2D eigenvalue weighted by Gasteiger charge is 2.11. The molecule has 0 radical (unpaired) electrons. The highest BCUT2D eigenvalue weighted by atomic mass is 32.2. The van der Waals surface area contributed by atoms with Gasteiger partial charge in [0, 0.05) is 31.1 Å². The molecular formula is C19H17N5OS2. The van der Waals surface area contributed by atoms with Crippen molar-refractivity contribution in [2.45, 2.75) is 10.1 Å². The Balaban J connectivity index is 1.56. The number of nitriles is 1. The van der Waals surface area contributed by atoms with Crippen LogP contribution in [-0.2, 0) is 5.75 Å². The van der Waals surface area contributed by atoms with Crippen LogP contribution in [0.15, 0.2) is 52.9 Å². The molecule has 0 unspecified atom stereocenters. The monoisotopic (exact) mass is 395 g/mol. The minimum Gasteiger partial charge on any atom is -0.378 e. The van der Waals surface area contributed by atoms with Crippen LogP contribution in [0.2, 0.25) is 0 Å². The third-order valence-corrected chi connectivity index (χ3v) is 5.76. The normalized spacial score (nSPS) is 10.3. The van der Waals surface area contributed by atoms with Crippen LogP contribution in [0, 0.1) is 11.3 Å². The van der Waals surface area contributed by atoms with Gasteiger partial charge in [-0.1, -0.05) is 35.2 Å². The van der Waals surface area contributed by atoms with Gasteiger partial charge in [0.2, 0.25) is 5.13 Å². The molecule has 136 valence electrons. The molecule has 0 spiro atoms. The summed E-state index contributed by atoms with van der Waals surface area (Å²) >= 11 is 2.88. The van der Waals surface area contributed by atoms with Crippen molar-refractivity contribution < 1.29 is 4.79 Å². The van der Waals surface area contributed by atoms with Gasteiger partial charge >= 0.3 is 0 Å². The maximum absolute atomic E-state index is 12.3. The molecule has 0 atom stereocenters. The Morgan fingerprint density at radius 3 is 2.48 bits per heavy atom. The van der Waals surface area contributed by atoms with Crippen LogP contribution in [0.25, 0.3) is 0 Å². The van der Waals surface area contributed by atoms with E-state index in [0.29, 0.717) is 16.3 Å². The van der Waals surface area contributed by atoms with Gasteiger partial charge in [0.05, 0.1) is 11.6 Å². The Morgan fingerprint density at radius 2 is 1.85 bits per heavy atom. The van der Waals surface area contributed by atoms with Crippen LogP contribution in [0.4, 0.5) is 10.8 Å². The molecule has 0 aliphatic carbocycles. The second kappa shape index (κ2) is 8.66. The molecule has 3 rings (SSSR count). The standard InChI is InChI=1S/C19H17N5OS2/c1-24(2)16-9-7-15(8-10-16)17(25)21-18-22-23-19(27-18)26-12-14-5-3-13(11-20)4-6-14/h3-10H,12H2,1-2H3,(H,21,22,25). The Bertz CT molecular complexity index is 959. The summed E-state index contributed by atoms with van der Waals surface area (Å²) in [5.41, 5.74) is 3.34. The van der Waals surface area contributed by atoms with Crippen molar-refractivity contribution >= 4 is 39.8 Å². The molecule has 0 saturated heterocycles. The van der Waals surface area contributed by atoms with Crippen molar-refractivity contribution in [3.05, 3.63) is 65.2 Å². The van der Waals surface area contributed by atoms with Crippen molar-refractivity contribution in [1.29, 1.82) is 5.26 Å². The first-order valence-electron chi connectivity index (χ1n) is 8.09. The van der Waals surface area contributed by atoms with Crippen LogP contribution >= 0.6 is 23.1 Å². The van der Waals surface area contributed by atoms with E-state index in [1.165, 1.54) is 11.3 Å². The average molecular weight is 396 g/mol. The lowest BCUT2D eigenvalue weighted by Crippen LogP contribution is -2.13. The third kappa shape index (κ3) is 5.06. The molecule has 6 nitrogen and oxygen atoms in total. The van der Waals surface area contributed by atoms with E-state index in [1.54, 1.807) is 36.0 Å². The molecule has 1 heterocycles. The number of hydrogen-bond donors (Lipinski definition) is 1. The van der Waals surface area contributed by atoms with Crippen molar-refractivity contribution in [3.63, 3.8) is 0 Å². The van der Waals surface area contributed by atoms with Crippen LogP contribution in [-0.4, -0.2) is 30.2 Å². The summed E-state index contributed by atoms with van der Waals surface area (Å²) in [5.74, 6) is 0.514. The highest BCUT2D eigenvalue weighted by Crippen LogP contribution is 2.28. The number of carbonyl (C=O) groups excluding carboxylic acids is 1. The fourth-order valence-electron chi connectivity index (χ4n) is 2.22. The third-order valence-electron chi connectivity index (χ3n) is 3.72. The first-order chi connectivity index (χ1) is 13.0. The smallest absolute Gasteiger partial charge is 0.257 e. The maximum Gasteiger partial charge on any atom is 0.257 e. The minimum absolute atomic E-state index is 0.208. The maximum atomic E-state index is 12.3. The molecule has 1 amide bonds. The topological polar surface area (TPSA) is 81.9 Å². The number of carbonyl (C=O) groups is 1. The van der Waals surface area contributed by atoms with Crippen molar-refractivity contribution in [1.82, 2.24) is 10.2 Å². The van der Waals surface area contributed by atoms with Crippen LogP contribution in [0.5, 0.6) is 0 Å². The number of anilines is 2. The Hall–Kier alpha value is -2.89. The van der Waals surface area contributed by atoms with Gasteiger partial charge in [-0.2, -0.15) is 5.26 Å². The lowest BCUT2D eigenvalue weighted by molar-refractivity contribution is 0.102. The molecule has 0 fully saturated rings. The molecule has 0 bridgehead atoms. The molecule has 0 aliphatic rings. The molecule has 2 aromatic carbocycles. The fourth-order valence-corrected chi connectivity index (χ4v) is 3.92.